The molecule has 0 radical (unpaired) electrons. The minimum atomic E-state index is -0.668. The van der Waals surface area contributed by atoms with Gasteiger partial charge < -0.3 is 19.9 Å². The van der Waals surface area contributed by atoms with Crippen LogP contribution in [0.15, 0.2) is 11.6 Å². The molecular formula is C32H54N4O5. The van der Waals surface area contributed by atoms with Crippen molar-refractivity contribution in [2.24, 2.45) is 17.8 Å². The molecule has 2 heterocycles. The van der Waals surface area contributed by atoms with E-state index in [4.69, 9.17) is 4.74 Å². The molecule has 2 aliphatic heterocycles. The van der Waals surface area contributed by atoms with E-state index in [0.29, 0.717) is 31.1 Å². The number of piperidine rings is 1. The maximum Gasteiger partial charge on any atom is 0.328 e. The Morgan fingerprint density at radius 3 is 2.15 bits per heavy atom. The molecule has 3 amide bonds. The number of esters is 1. The summed E-state index contributed by atoms with van der Waals surface area (Å²) in [4.78, 5) is 59.0. The second kappa shape index (κ2) is 14.7. The van der Waals surface area contributed by atoms with Crippen LogP contribution in [-0.2, 0) is 23.9 Å². The Bertz CT molecular complexity index is 973. The van der Waals surface area contributed by atoms with E-state index in [9.17, 15) is 19.2 Å². The molecule has 41 heavy (non-hydrogen) atoms. The van der Waals surface area contributed by atoms with Crippen molar-refractivity contribution in [2.45, 2.75) is 124 Å². The monoisotopic (exact) mass is 574 g/mol. The van der Waals surface area contributed by atoms with Gasteiger partial charge in [-0.05, 0) is 83.6 Å². The van der Waals surface area contributed by atoms with Crippen molar-refractivity contribution in [3.8, 4) is 0 Å². The van der Waals surface area contributed by atoms with Crippen molar-refractivity contribution >= 4 is 23.7 Å². The van der Waals surface area contributed by atoms with Crippen LogP contribution in [0.3, 0.4) is 0 Å². The topological polar surface area (TPSA) is 99.3 Å². The summed E-state index contributed by atoms with van der Waals surface area (Å²) in [7, 11) is 1.75. The van der Waals surface area contributed by atoms with Crippen LogP contribution in [-0.4, -0.2) is 95.3 Å². The van der Waals surface area contributed by atoms with Gasteiger partial charge >= 0.3 is 5.97 Å². The highest BCUT2D eigenvalue weighted by molar-refractivity contribution is 5.96. The van der Waals surface area contributed by atoms with Crippen molar-refractivity contribution in [2.75, 3.05) is 26.7 Å². The van der Waals surface area contributed by atoms with Crippen molar-refractivity contribution < 1.29 is 23.9 Å². The van der Waals surface area contributed by atoms with E-state index < -0.39 is 12.1 Å². The van der Waals surface area contributed by atoms with E-state index in [0.717, 1.165) is 45.1 Å². The van der Waals surface area contributed by atoms with Gasteiger partial charge in [0.25, 0.3) is 0 Å². The predicted octanol–water partition coefficient (Wildman–Crippen LogP) is 3.76. The van der Waals surface area contributed by atoms with Gasteiger partial charge in [0, 0.05) is 25.2 Å². The first-order valence-electron chi connectivity index (χ1n) is 15.8. The summed E-state index contributed by atoms with van der Waals surface area (Å²) in [5.74, 6) is -0.356. The van der Waals surface area contributed by atoms with E-state index in [1.165, 1.54) is 0 Å². The predicted molar refractivity (Wildman–Crippen MR) is 160 cm³/mol. The van der Waals surface area contributed by atoms with Crippen molar-refractivity contribution in [3.05, 3.63) is 11.6 Å². The Balaban J connectivity index is 1.71. The third-order valence-corrected chi connectivity index (χ3v) is 8.92. The number of ether oxygens (including phenoxy) is 1. The fraction of sp³-hybridized carbons (Fsp3) is 0.812. The molecule has 3 aliphatic rings. The molecule has 9 nitrogen and oxygen atoms in total. The molecule has 1 unspecified atom stereocenters. The fourth-order valence-corrected chi connectivity index (χ4v) is 6.12. The molecule has 9 heteroatoms. The van der Waals surface area contributed by atoms with Gasteiger partial charge in [-0.15, -0.1) is 0 Å². The summed E-state index contributed by atoms with van der Waals surface area (Å²) >= 11 is 0. The normalized spacial score (nSPS) is 23.6. The Kier molecular flexibility index (Phi) is 11.8. The van der Waals surface area contributed by atoms with Gasteiger partial charge in [-0.25, -0.2) is 4.79 Å². The zero-order valence-corrected chi connectivity index (χ0v) is 26.7. The van der Waals surface area contributed by atoms with Crippen LogP contribution in [0.25, 0.3) is 0 Å². The quantitative estimate of drug-likeness (QED) is 0.282. The van der Waals surface area contributed by atoms with Crippen LogP contribution >= 0.6 is 0 Å². The molecule has 0 aromatic rings. The minimum Gasteiger partial charge on any atom is -0.464 e. The van der Waals surface area contributed by atoms with Gasteiger partial charge in [-0.1, -0.05) is 40.2 Å². The average molecular weight is 575 g/mol. The number of amides is 3. The second-order valence-electron chi connectivity index (χ2n) is 13.3. The zero-order chi connectivity index (χ0) is 30.4. The van der Waals surface area contributed by atoms with E-state index in [2.05, 4.69) is 24.1 Å². The highest BCUT2D eigenvalue weighted by Gasteiger charge is 2.38. The van der Waals surface area contributed by atoms with Crippen LogP contribution in [0.2, 0.25) is 0 Å². The number of hydrogen-bond donors (Lipinski definition) is 1. The number of carbonyl (C=O) groups excluding carboxylic acids is 4. The van der Waals surface area contributed by atoms with Gasteiger partial charge in [0.2, 0.25) is 17.7 Å². The molecular weight excluding hydrogens is 520 g/mol. The maximum atomic E-state index is 13.9. The summed E-state index contributed by atoms with van der Waals surface area (Å²) in [6.07, 6.45) is 8.30. The van der Waals surface area contributed by atoms with Crippen LogP contribution in [0.1, 0.15) is 93.4 Å². The van der Waals surface area contributed by atoms with Crippen LogP contribution < -0.4 is 5.32 Å². The molecule has 1 N–H and O–H groups in total. The van der Waals surface area contributed by atoms with E-state index in [1.807, 2.05) is 33.8 Å². The lowest BCUT2D eigenvalue weighted by molar-refractivity contribution is -0.152. The highest BCUT2D eigenvalue weighted by atomic mass is 16.5. The SMILES string of the molecule is C/C(=C\[C@H](C(C)C)N(C)C(=O)[C@@H](NC(=O)C1CCCCN1C(C)C)C(C)C)C(=O)N1CCC[C@H]1C(=O)OCC1CC1. The number of likely N-dealkylation sites (tertiary alicyclic amines) is 2. The van der Waals surface area contributed by atoms with Gasteiger partial charge in [0.15, 0.2) is 0 Å². The molecule has 3 fully saturated rings. The molecule has 1 saturated carbocycles. The third kappa shape index (κ3) is 8.55. The Hall–Kier alpha value is -2.42. The zero-order valence-electron chi connectivity index (χ0n) is 26.7. The van der Waals surface area contributed by atoms with Crippen molar-refractivity contribution in [1.82, 2.24) is 20.0 Å². The lowest BCUT2D eigenvalue weighted by Crippen LogP contribution is -2.58. The molecule has 0 spiro atoms. The highest BCUT2D eigenvalue weighted by Crippen LogP contribution is 2.30. The van der Waals surface area contributed by atoms with Crippen molar-refractivity contribution in [1.29, 1.82) is 0 Å². The van der Waals surface area contributed by atoms with Crippen LogP contribution in [0.5, 0.6) is 0 Å². The molecule has 0 bridgehead atoms. The van der Waals surface area contributed by atoms with E-state index in [-0.39, 0.29) is 53.7 Å². The number of rotatable bonds is 12. The summed E-state index contributed by atoms with van der Waals surface area (Å²) in [5, 5.41) is 3.09. The van der Waals surface area contributed by atoms with E-state index >= 15 is 0 Å². The molecule has 2 saturated heterocycles. The van der Waals surface area contributed by atoms with Crippen LogP contribution in [0, 0.1) is 17.8 Å². The smallest absolute Gasteiger partial charge is 0.328 e. The van der Waals surface area contributed by atoms with Gasteiger partial charge in [0.05, 0.1) is 18.7 Å². The molecule has 3 rings (SSSR count). The molecule has 232 valence electrons. The van der Waals surface area contributed by atoms with Gasteiger partial charge in [0.1, 0.15) is 12.1 Å². The average Bonchev–Trinajstić information content (AvgIpc) is 3.64. The first-order valence-corrected chi connectivity index (χ1v) is 15.8. The molecule has 0 aromatic heterocycles. The maximum absolute atomic E-state index is 13.9. The Labute approximate surface area is 247 Å². The number of likely N-dealkylation sites (N-methyl/N-ethyl adjacent to an activating group) is 1. The summed E-state index contributed by atoms with van der Waals surface area (Å²) in [6, 6.07) is -1.54. The molecule has 0 aromatic carbocycles. The standard InChI is InChI=1S/C32H54N4O5/c1-20(2)27(18-23(7)30(38)36-17-11-13-26(36)32(40)41-19-24-14-15-24)34(8)31(39)28(21(3)4)33-29(37)25-12-9-10-16-35(25)22(5)6/h18,20-22,24-28H,9-17,19H2,1-8H3,(H,33,37)/b23-18+/t25?,26-,27+,28-/m0/s1. The van der Waals surface area contributed by atoms with Gasteiger partial charge in [-0.2, -0.15) is 0 Å². The third-order valence-electron chi connectivity index (χ3n) is 8.92. The lowest BCUT2D eigenvalue weighted by Gasteiger charge is -2.39. The summed E-state index contributed by atoms with van der Waals surface area (Å²) < 4.78 is 5.50. The van der Waals surface area contributed by atoms with Crippen molar-refractivity contribution in [3.63, 3.8) is 0 Å². The van der Waals surface area contributed by atoms with Crippen LogP contribution in [0.4, 0.5) is 0 Å². The fourth-order valence-electron chi connectivity index (χ4n) is 6.12. The number of carbonyl (C=O) groups is 4. The molecule has 1 aliphatic carbocycles. The first-order chi connectivity index (χ1) is 19.3. The van der Waals surface area contributed by atoms with Gasteiger partial charge in [-0.3, -0.25) is 19.3 Å². The number of nitrogens with zero attached hydrogens (tertiary/aromatic N) is 3. The second-order valence-corrected chi connectivity index (χ2v) is 13.3. The van der Waals surface area contributed by atoms with E-state index in [1.54, 1.807) is 23.8 Å². The largest absolute Gasteiger partial charge is 0.464 e. The Morgan fingerprint density at radius 1 is 0.902 bits per heavy atom. The molecule has 4 atom stereocenters. The first kappa shape index (κ1) is 33.1. The summed E-state index contributed by atoms with van der Waals surface area (Å²) in [6.45, 7) is 15.7. The minimum absolute atomic E-state index is 0.0304. The lowest BCUT2D eigenvalue weighted by atomic mass is 9.95. The number of nitrogens with one attached hydrogen (secondary N) is 1. The Morgan fingerprint density at radius 2 is 1.56 bits per heavy atom. The number of hydrogen-bond acceptors (Lipinski definition) is 6. The summed E-state index contributed by atoms with van der Waals surface area (Å²) in [5.41, 5.74) is 0.505.